The van der Waals surface area contributed by atoms with Crippen molar-refractivity contribution in [1.82, 2.24) is 8.80 Å². The molecule has 4 aromatic heterocycles. The first kappa shape index (κ1) is 31.6. The average molecular weight is 697 g/mol. The van der Waals surface area contributed by atoms with E-state index in [1.165, 1.54) is 133 Å². The van der Waals surface area contributed by atoms with Gasteiger partial charge in [0.25, 0.3) is 0 Å². The van der Waals surface area contributed by atoms with Crippen LogP contribution in [0.2, 0.25) is 0 Å². The molecule has 2 aliphatic rings. The number of nitrogens with zero attached hydrogens (tertiary/aromatic N) is 2. The second-order valence-corrected chi connectivity index (χ2v) is 16.2. The molecule has 0 fully saturated rings. The first-order valence-electron chi connectivity index (χ1n) is 19.6. The SMILES string of the molecule is Cc1c(C)n2c(C)c(C)c3c4c(-c5ccc(C6C=CC=C7C=CC=CC76)cc5)c5c(C)c(C)n6c(C)c(C)c(c4c(-c4cccc7ccccc47)c1c32)c56. The molecule has 2 nitrogen and oxygen atoms in total. The molecule has 4 heterocycles. The third-order valence-electron chi connectivity index (χ3n) is 13.9. The van der Waals surface area contributed by atoms with Crippen LogP contribution in [0.15, 0.2) is 115 Å². The topological polar surface area (TPSA) is 8.82 Å². The van der Waals surface area contributed by atoms with Crippen LogP contribution in [-0.4, -0.2) is 8.80 Å². The normalized spacial score (nSPS) is 17.1. The van der Waals surface area contributed by atoms with Crippen molar-refractivity contribution < 1.29 is 0 Å². The van der Waals surface area contributed by atoms with Crippen LogP contribution in [0, 0.1) is 61.3 Å². The molecule has 2 heteroatoms. The molecule has 11 rings (SSSR count). The van der Waals surface area contributed by atoms with Gasteiger partial charge in [0, 0.05) is 72.5 Å². The zero-order valence-corrected chi connectivity index (χ0v) is 32.4. The van der Waals surface area contributed by atoms with E-state index in [1.807, 2.05) is 0 Å². The number of fused-ring (bicyclic) bond motifs is 5. The van der Waals surface area contributed by atoms with Gasteiger partial charge in [-0.15, -0.1) is 0 Å². The number of aromatic nitrogens is 2. The molecule has 0 amide bonds. The first-order chi connectivity index (χ1) is 26.2. The van der Waals surface area contributed by atoms with Crippen molar-refractivity contribution in [2.24, 2.45) is 5.92 Å². The van der Waals surface area contributed by atoms with Crippen LogP contribution >= 0.6 is 0 Å². The van der Waals surface area contributed by atoms with Crippen LogP contribution in [-0.2, 0) is 0 Å². The van der Waals surface area contributed by atoms with E-state index in [9.17, 15) is 0 Å². The predicted octanol–water partition coefficient (Wildman–Crippen LogP) is 13.8. The molecule has 2 unspecified atom stereocenters. The molecule has 0 saturated carbocycles. The van der Waals surface area contributed by atoms with E-state index < -0.39 is 0 Å². The highest BCUT2D eigenvalue weighted by Crippen LogP contribution is 2.56. The second kappa shape index (κ2) is 10.9. The highest BCUT2D eigenvalue weighted by molar-refractivity contribution is 6.39. The lowest BCUT2D eigenvalue weighted by molar-refractivity contribution is 0.670. The lowest BCUT2D eigenvalue weighted by atomic mass is 9.76. The van der Waals surface area contributed by atoms with Crippen LogP contribution < -0.4 is 0 Å². The number of aryl methyl sites for hydroxylation is 8. The van der Waals surface area contributed by atoms with Gasteiger partial charge >= 0.3 is 0 Å². The Morgan fingerprint density at radius 2 is 1.02 bits per heavy atom. The largest absolute Gasteiger partial charge is 0.317 e. The predicted molar refractivity (Wildman–Crippen MR) is 231 cm³/mol. The Morgan fingerprint density at radius 3 is 1.69 bits per heavy atom. The molecule has 5 aromatic carbocycles. The number of rotatable bonds is 3. The molecular formula is C52H44N2. The van der Waals surface area contributed by atoms with Gasteiger partial charge in [-0.05, 0) is 116 Å². The molecule has 0 N–H and O–H groups in total. The number of benzene rings is 5. The minimum atomic E-state index is 0.318. The average Bonchev–Trinajstić information content (AvgIpc) is 3.81. The van der Waals surface area contributed by atoms with E-state index in [-0.39, 0.29) is 0 Å². The Hall–Kier alpha value is -5.86. The third-order valence-corrected chi connectivity index (χ3v) is 13.9. The zero-order valence-electron chi connectivity index (χ0n) is 32.4. The molecule has 0 aliphatic heterocycles. The van der Waals surface area contributed by atoms with Gasteiger partial charge < -0.3 is 8.80 Å². The molecule has 0 bridgehead atoms. The molecule has 262 valence electrons. The van der Waals surface area contributed by atoms with Gasteiger partial charge in [-0.1, -0.05) is 109 Å². The van der Waals surface area contributed by atoms with Gasteiger partial charge in [0.1, 0.15) is 0 Å². The molecule has 54 heavy (non-hydrogen) atoms. The number of hydrogen-bond donors (Lipinski definition) is 0. The van der Waals surface area contributed by atoms with Crippen molar-refractivity contribution in [3.8, 4) is 22.3 Å². The van der Waals surface area contributed by atoms with Crippen LogP contribution in [0.5, 0.6) is 0 Å². The van der Waals surface area contributed by atoms with Gasteiger partial charge in [0.05, 0.1) is 11.0 Å². The van der Waals surface area contributed by atoms with Crippen molar-refractivity contribution in [1.29, 1.82) is 0 Å². The van der Waals surface area contributed by atoms with Crippen LogP contribution in [0.25, 0.3) is 76.4 Å². The fourth-order valence-electron chi connectivity index (χ4n) is 10.9. The van der Waals surface area contributed by atoms with Crippen molar-refractivity contribution in [2.75, 3.05) is 0 Å². The summed E-state index contributed by atoms with van der Waals surface area (Å²) in [6, 6.07) is 25.5. The van der Waals surface area contributed by atoms with E-state index >= 15 is 0 Å². The summed E-state index contributed by atoms with van der Waals surface area (Å²) < 4.78 is 5.15. The fourth-order valence-corrected chi connectivity index (χ4v) is 10.9. The summed E-state index contributed by atoms with van der Waals surface area (Å²) in [6.07, 6.45) is 15.9. The van der Waals surface area contributed by atoms with Crippen molar-refractivity contribution in [2.45, 2.75) is 61.3 Å². The third kappa shape index (κ3) is 3.76. The highest BCUT2D eigenvalue weighted by atomic mass is 14.9. The van der Waals surface area contributed by atoms with E-state index in [1.54, 1.807) is 0 Å². The maximum Gasteiger partial charge on any atom is 0.0619 e. The summed E-state index contributed by atoms with van der Waals surface area (Å²) in [4.78, 5) is 0. The van der Waals surface area contributed by atoms with Crippen LogP contribution in [0.3, 0.4) is 0 Å². The standard InChI is InChI=1S/C52H44N2/c1-27-31(5)53-34(8)30(4)46-50-48(42-22-14-18-36-16-10-12-20-41(36)42)44-28(2)32(6)54-33(7)29(3)45(52(44)54)49(50)47(43(27)51(46)53)38-25-23-37(24-26-38)40-21-13-17-35-15-9-11-19-39(35)40/h9-26,39-40H,1-8H3. The Kier molecular flexibility index (Phi) is 6.36. The van der Waals surface area contributed by atoms with E-state index in [2.05, 4.69) is 173 Å². The molecule has 9 aromatic rings. The summed E-state index contributed by atoms with van der Waals surface area (Å²) in [5.74, 6) is 0.688. The molecule has 0 spiro atoms. The highest BCUT2D eigenvalue weighted by Gasteiger charge is 2.33. The van der Waals surface area contributed by atoms with Crippen molar-refractivity contribution in [3.63, 3.8) is 0 Å². The van der Waals surface area contributed by atoms with Crippen molar-refractivity contribution >= 4 is 54.1 Å². The van der Waals surface area contributed by atoms with Gasteiger partial charge in [-0.2, -0.15) is 0 Å². The summed E-state index contributed by atoms with van der Waals surface area (Å²) in [6.45, 7) is 18.7. The first-order valence-corrected chi connectivity index (χ1v) is 19.6. The monoisotopic (exact) mass is 696 g/mol. The second-order valence-electron chi connectivity index (χ2n) is 16.2. The summed E-state index contributed by atoms with van der Waals surface area (Å²) in [5.41, 5.74) is 21.7. The maximum atomic E-state index is 2.57. The molecule has 0 saturated heterocycles. The smallest absolute Gasteiger partial charge is 0.0619 e. The van der Waals surface area contributed by atoms with Crippen molar-refractivity contribution in [3.05, 3.63) is 165 Å². The summed E-state index contributed by atoms with van der Waals surface area (Å²) in [7, 11) is 0. The van der Waals surface area contributed by atoms with Crippen LogP contribution in [0.4, 0.5) is 0 Å². The van der Waals surface area contributed by atoms with Gasteiger partial charge in [-0.3, -0.25) is 0 Å². The van der Waals surface area contributed by atoms with Gasteiger partial charge in [0.15, 0.2) is 0 Å². The fraction of sp³-hybridized carbons (Fsp3) is 0.192. The number of allylic oxidation sites excluding steroid dienone is 8. The Labute approximate surface area is 316 Å². The van der Waals surface area contributed by atoms with E-state index in [4.69, 9.17) is 0 Å². The minimum Gasteiger partial charge on any atom is -0.317 e. The number of hydrogen-bond acceptors (Lipinski definition) is 0. The zero-order chi connectivity index (χ0) is 36.9. The Morgan fingerprint density at radius 1 is 0.463 bits per heavy atom. The van der Waals surface area contributed by atoms with E-state index in [0.717, 1.165) is 0 Å². The molecule has 2 atom stereocenters. The summed E-state index contributed by atoms with van der Waals surface area (Å²) >= 11 is 0. The minimum absolute atomic E-state index is 0.318. The van der Waals surface area contributed by atoms with Gasteiger partial charge in [0.2, 0.25) is 0 Å². The Bertz CT molecular complexity index is 3210. The summed E-state index contributed by atoms with van der Waals surface area (Å²) in [5, 5.41) is 11.0. The molecule has 0 radical (unpaired) electrons. The maximum absolute atomic E-state index is 2.57. The van der Waals surface area contributed by atoms with Crippen LogP contribution in [0.1, 0.15) is 56.5 Å². The van der Waals surface area contributed by atoms with Gasteiger partial charge in [-0.25, -0.2) is 0 Å². The quantitative estimate of drug-likeness (QED) is 0.174. The lowest BCUT2D eigenvalue weighted by Crippen LogP contribution is -2.14. The lowest BCUT2D eigenvalue weighted by Gasteiger charge is -2.28. The van der Waals surface area contributed by atoms with E-state index in [0.29, 0.717) is 11.8 Å². The molecule has 2 aliphatic carbocycles. The molecular weight excluding hydrogens is 653 g/mol. The Balaban J connectivity index is 1.36.